The van der Waals surface area contributed by atoms with Crippen LogP contribution in [0.1, 0.15) is 24.0 Å². The molecule has 24 heavy (non-hydrogen) atoms. The van der Waals surface area contributed by atoms with Crippen LogP contribution in [0.4, 0.5) is 4.39 Å². The van der Waals surface area contributed by atoms with Crippen LogP contribution in [0.2, 0.25) is 0 Å². The molecular formula is C19H20FN3O. The van der Waals surface area contributed by atoms with Gasteiger partial charge in [0.15, 0.2) is 0 Å². The molecule has 0 amide bonds. The van der Waals surface area contributed by atoms with Gasteiger partial charge in [0.25, 0.3) is 0 Å². The largest absolute Gasteiger partial charge is 0.328 e. The Morgan fingerprint density at radius 1 is 1.08 bits per heavy atom. The summed E-state index contributed by atoms with van der Waals surface area (Å²) in [6, 6.07) is 12.9. The Morgan fingerprint density at radius 3 is 2.54 bits per heavy atom. The fourth-order valence-corrected chi connectivity index (χ4v) is 3.41. The van der Waals surface area contributed by atoms with E-state index in [-0.39, 0.29) is 17.0 Å². The summed E-state index contributed by atoms with van der Waals surface area (Å²) in [6.07, 6.45) is 2.03. The van der Waals surface area contributed by atoms with Crippen LogP contribution in [-0.4, -0.2) is 9.13 Å². The average molecular weight is 325 g/mol. The van der Waals surface area contributed by atoms with Gasteiger partial charge in [0.05, 0.1) is 11.0 Å². The third kappa shape index (κ3) is 2.36. The normalized spacial score (nSPS) is 15.8. The highest BCUT2D eigenvalue weighted by Crippen LogP contribution is 2.45. The van der Waals surface area contributed by atoms with E-state index in [4.69, 9.17) is 0 Å². The second-order valence-electron chi connectivity index (χ2n) is 6.67. The maximum absolute atomic E-state index is 13.5. The molecule has 0 radical (unpaired) electrons. The van der Waals surface area contributed by atoms with E-state index in [2.05, 4.69) is 5.32 Å². The molecule has 1 heterocycles. The summed E-state index contributed by atoms with van der Waals surface area (Å²) in [6.45, 7) is 0.690. The fourth-order valence-electron chi connectivity index (χ4n) is 3.41. The van der Waals surface area contributed by atoms with Gasteiger partial charge < -0.3 is 5.32 Å². The van der Waals surface area contributed by atoms with Crippen LogP contribution in [0.15, 0.2) is 47.3 Å². The Hall–Kier alpha value is -2.40. The van der Waals surface area contributed by atoms with Crippen LogP contribution in [0, 0.1) is 5.82 Å². The number of hydrogen-bond acceptors (Lipinski definition) is 2. The minimum absolute atomic E-state index is 0.0199. The molecule has 4 nitrogen and oxygen atoms in total. The van der Waals surface area contributed by atoms with Gasteiger partial charge >= 0.3 is 5.69 Å². The minimum atomic E-state index is -0.193. The zero-order valence-electron chi connectivity index (χ0n) is 13.8. The zero-order chi connectivity index (χ0) is 16.9. The molecule has 1 saturated carbocycles. The summed E-state index contributed by atoms with van der Waals surface area (Å²) >= 11 is 0. The highest BCUT2D eigenvalue weighted by Gasteiger charge is 2.43. The van der Waals surface area contributed by atoms with Crippen LogP contribution in [-0.2, 0) is 26.2 Å². The number of halogens is 1. The Kier molecular flexibility index (Phi) is 3.35. The molecule has 0 saturated heterocycles. The Labute approximate surface area is 139 Å². The first kappa shape index (κ1) is 15.1. The SMILES string of the molecule is Cn1c(=O)n(C)c2cc(CNC3(c4cccc(F)c4)CC3)ccc21. The zero-order valence-corrected chi connectivity index (χ0v) is 13.8. The quantitative estimate of drug-likeness (QED) is 0.801. The first-order valence-corrected chi connectivity index (χ1v) is 8.16. The van der Waals surface area contributed by atoms with E-state index in [0.717, 1.165) is 35.0 Å². The van der Waals surface area contributed by atoms with Crippen molar-refractivity contribution in [2.45, 2.75) is 24.9 Å². The third-order valence-electron chi connectivity index (χ3n) is 5.09. The second-order valence-corrected chi connectivity index (χ2v) is 6.67. The maximum atomic E-state index is 13.5. The van der Waals surface area contributed by atoms with Crippen molar-refractivity contribution in [2.24, 2.45) is 14.1 Å². The van der Waals surface area contributed by atoms with E-state index in [1.807, 2.05) is 24.3 Å². The number of aromatic nitrogens is 2. The first-order valence-electron chi connectivity index (χ1n) is 8.16. The van der Waals surface area contributed by atoms with Crippen LogP contribution in [0.25, 0.3) is 11.0 Å². The molecule has 0 spiro atoms. The molecule has 0 bridgehead atoms. The van der Waals surface area contributed by atoms with Crippen molar-refractivity contribution in [1.82, 2.24) is 14.5 Å². The van der Waals surface area contributed by atoms with Crippen molar-refractivity contribution in [3.63, 3.8) is 0 Å². The lowest BCUT2D eigenvalue weighted by Crippen LogP contribution is -2.28. The Morgan fingerprint density at radius 2 is 1.83 bits per heavy atom. The van der Waals surface area contributed by atoms with Gasteiger partial charge in [-0.2, -0.15) is 0 Å². The number of hydrogen-bond donors (Lipinski definition) is 1. The van der Waals surface area contributed by atoms with Gasteiger partial charge in [0.2, 0.25) is 0 Å². The lowest BCUT2D eigenvalue weighted by Gasteiger charge is -2.18. The molecule has 1 fully saturated rings. The highest BCUT2D eigenvalue weighted by atomic mass is 19.1. The standard InChI is InChI=1S/C19H20FN3O/c1-22-16-7-6-13(10-17(16)23(2)18(22)24)12-21-19(8-9-19)14-4-3-5-15(20)11-14/h3-7,10-11,21H,8-9,12H2,1-2H3. The number of imidazole rings is 1. The average Bonchev–Trinajstić information content (AvgIpc) is 3.35. The number of aryl methyl sites for hydroxylation is 2. The molecule has 124 valence electrons. The molecule has 0 atom stereocenters. The predicted octanol–water partition coefficient (Wildman–Crippen LogP) is 2.80. The summed E-state index contributed by atoms with van der Waals surface area (Å²) in [7, 11) is 3.57. The van der Waals surface area contributed by atoms with E-state index in [0.29, 0.717) is 6.54 Å². The topological polar surface area (TPSA) is 39.0 Å². The summed E-state index contributed by atoms with van der Waals surface area (Å²) < 4.78 is 16.8. The third-order valence-corrected chi connectivity index (χ3v) is 5.09. The van der Waals surface area contributed by atoms with Crippen LogP contribution < -0.4 is 11.0 Å². The van der Waals surface area contributed by atoms with Gasteiger partial charge in [-0.25, -0.2) is 9.18 Å². The van der Waals surface area contributed by atoms with E-state index in [9.17, 15) is 9.18 Å². The van der Waals surface area contributed by atoms with Crippen LogP contribution in [0.3, 0.4) is 0 Å². The predicted molar refractivity (Wildman–Crippen MR) is 92.3 cm³/mol. The van der Waals surface area contributed by atoms with Gasteiger partial charge in [-0.05, 0) is 48.2 Å². The monoisotopic (exact) mass is 325 g/mol. The van der Waals surface area contributed by atoms with Crippen molar-refractivity contribution in [2.75, 3.05) is 0 Å². The molecule has 1 aromatic heterocycles. The van der Waals surface area contributed by atoms with E-state index >= 15 is 0 Å². The van der Waals surface area contributed by atoms with Crippen molar-refractivity contribution in [3.8, 4) is 0 Å². The molecular weight excluding hydrogens is 305 g/mol. The molecule has 1 aliphatic carbocycles. The summed E-state index contributed by atoms with van der Waals surface area (Å²) in [5, 5.41) is 3.57. The molecule has 0 unspecified atom stereocenters. The van der Waals surface area contributed by atoms with Gasteiger partial charge in [-0.1, -0.05) is 18.2 Å². The summed E-state index contributed by atoms with van der Waals surface area (Å²) in [5.74, 6) is -0.193. The van der Waals surface area contributed by atoms with E-state index in [1.54, 1.807) is 35.4 Å². The number of rotatable bonds is 4. The molecule has 4 rings (SSSR count). The second kappa shape index (κ2) is 5.31. The number of nitrogens with one attached hydrogen (secondary N) is 1. The smallest absolute Gasteiger partial charge is 0.303 e. The van der Waals surface area contributed by atoms with Crippen molar-refractivity contribution in [3.05, 3.63) is 69.9 Å². The summed E-state index contributed by atoms with van der Waals surface area (Å²) in [4.78, 5) is 12.0. The van der Waals surface area contributed by atoms with Crippen LogP contribution in [0.5, 0.6) is 0 Å². The molecule has 5 heteroatoms. The number of fused-ring (bicyclic) bond motifs is 1. The van der Waals surface area contributed by atoms with Gasteiger partial charge in [0.1, 0.15) is 5.82 Å². The number of benzene rings is 2. The Bertz CT molecular complexity index is 982. The fraction of sp³-hybridized carbons (Fsp3) is 0.316. The van der Waals surface area contributed by atoms with Gasteiger partial charge in [0, 0.05) is 26.2 Å². The first-order chi connectivity index (χ1) is 11.5. The molecule has 3 aromatic rings. The van der Waals surface area contributed by atoms with Gasteiger partial charge in [-0.3, -0.25) is 9.13 Å². The maximum Gasteiger partial charge on any atom is 0.328 e. The molecule has 0 aliphatic heterocycles. The number of nitrogens with zero attached hydrogens (tertiary/aromatic N) is 2. The van der Waals surface area contributed by atoms with E-state index < -0.39 is 0 Å². The lowest BCUT2D eigenvalue weighted by molar-refractivity contribution is 0.513. The lowest BCUT2D eigenvalue weighted by atomic mass is 10.0. The minimum Gasteiger partial charge on any atom is -0.303 e. The highest BCUT2D eigenvalue weighted by molar-refractivity contribution is 5.76. The summed E-state index contributed by atoms with van der Waals surface area (Å²) in [5.41, 5.74) is 3.85. The van der Waals surface area contributed by atoms with Crippen molar-refractivity contribution >= 4 is 11.0 Å². The Balaban J connectivity index is 1.59. The van der Waals surface area contributed by atoms with E-state index in [1.165, 1.54) is 6.07 Å². The molecule has 2 aromatic carbocycles. The van der Waals surface area contributed by atoms with Crippen molar-refractivity contribution in [1.29, 1.82) is 0 Å². The van der Waals surface area contributed by atoms with Crippen molar-refractivity contribution < 1.29 is 4.39 Å². The van der Waals surface area contributed by atoms with Gasteiger partial charge in [-0.15, -0.1) is 0 Å². The molecule has 1 aliphatic rings. The van der Waals surface area contributed by atoms with Crippen LogP contribution >= 0.6 is 0 Å². The molecule has 1 N–H and O–H groups in total.